The zero-order valence-electron chi connectivity index (χ0n) is 12.8. The Morgan fingerprint density at radius 1 is 1.10 bits per heavy atom. The first kappa shape index (κ1) is 16.2. The number of carboxylic acid groups (broad SMARTS) is 1. The van der Waals surface area contributed by atoms with Crippen molar-refractivity contribution in [3.05, 3.63) is 35.9 Å². The number of aliphatic carboxylic acids is 1. The Bertz CT molecular complexity index is 492. The number of nitrogens with zero attached hydrogens (tertiary/aromatic N) is 1. The molecular formula is C16H23NO3. The van der Waals surface area contributed by atoms with E-state index in [0.29, 0.717) is 0 Å². The SMILES string of the molecule is CN(C(=O)CC(C)(C)c1ccccc1)C(C)(C)C(=O)O. The first-order valence-electron chi connectivity index (χ1n) is 6.64. The van der Waals surface area contributed by atoms with Crippen LogP contribution in [-0.4, -0.2) is 34.5 Å². The fourth-order valence-corrected chi connectivity index (χ4v) is 1.94. The molecule has 4 nitrogen and oxygen atoms in total. The van der Waals surface area contributed by atoms with Crippen LogP contribution in [0.25, 0.3) is 0 Å². The second-order valence-corrected chi connectivity index (χ2v) is 6.24. The second-order valence-electron chi connectivity index (χ2n) is 6.24. The van der Waals surface area contributed by atoms with Gasteiger partial charge < -0.3 is 10.0 Å². The summed E-state index contributed by atoms with van der Waals surface area (Å²) in [5.74, 6) is -1.18. The molecule has 0 spiro atoms. The molecule has 0 aliphatic carbocycles. The first-order chi connectivity index (χ1) is 9.09. The number of hydrogen-bond acceptors (Lipinski definition) is 2. The van der Waals surface area contributed by atoms with Gasteiger partial charge in [-0.05, 0) is 24.8 Å². The molecule has 0 radical (unpaired) electrons. The zero-order chi connectivity index (χ0) is 15.6. The van der Waals surface area contributed by atoms with Crippen LogP contribution in [0.3, 0.4) is 0 Å². The van der Waals surface area contributed by atoms with Gasteiger partial charge >= 0.3 is 5.97 Å². The first-order valence-corrected chi connectivity index (χ1v) is 6.64. The summed E-state index contributed by atoms with van der Waals surface area (Å²) in [6.07, 6.45) is 0.268. The highest BCUT2D eigenvalue weighted by Gasteiger charge is 2.37. The van der Waals surface area contributed by atoms with Crippen molar-refractivity contribution in [2.45, 2.75) is 45.1 Å². The molecule has 1 aromatic carbocycles. The lowest BCUT2D eigenvalue weighted by Crippen LogP contribution is -2.51. The molecule has 0 atom stereocenters. The molecule has 0 aliphatic heterocycles. The number of hydrogen-bond donors (Lipinski definition) is 1. The second kappa shape index (κ2) is 5.65. The summed E-state index contributed by atoms with van der Waals surface area (Å²) in [6, 6.07) is 9.77. The predicted octanol–water partition coefficient (Wildman–Crippen LogP) is 2.68. The van der Waals surface area contributed by atoms with E-state index in [1.165, 1.54) is 25.8 Å². The quantitative estimate of drug-likeness (QED) is 0.900. The van der Waals surface area contributed by atoms with Gasteiger partial charge in [-0.25, -0.2) is 4.79 Å². The average molecular weight is 277 g/mol. The predicted molar refractivity (Wildman–Crippen MR) is 78.6 cm³/mol. The van der Waals surface area contributed by atoms with Gasteiger partial charge in [-0.2, -0.15) is 0 Å². The Balaban J connectivity index is 2.88. The Kier molecular flexibility index (Phi) is 4.58. The van der Waals surface area contributed by atoms with Crippen LogP contribution in [0.4, 0.5) is 0 Å². The molecule has 0 fully saturated rings. The molecule has 110 valence electrons. The van der Waals surface area contributed by atoms with Gasteiger partial charge in [0.2, 0.25) is 5.91 Å². The summed E-state index contributed by atoms with van der Waals surface area (Å²) in [5, 5.41) is 9.18. The van der Waals surface area contributed by atoms with E-state index in [1.54, 1.807) is 0 Å². The smallest absolute Gasteiger partial charge is 0.329 e. The Hall–Kier alpha value is -1.84. The van der Waals surface area contributed by atoms with Crippen molar-refractivity contribution in [1.82, 2.24) is 4.90 Å². The standard InChI is InChI=1S/C16H23NO3/c1-15(2,12-9-7-6-8-10-12)11-13(18)17(5)16(3,4)14(19)20/h6-10H,11H2,1-5H3,(H,19,20). The van der Waals surface area contributed by atoms with Crippen molar-refractivity contribution in [2.75, 3.05) is 7.05 Å². The average Bonchev–Trinajstić information content (AvgIpc) is 2.38. The van der Waals surface area contributed by atoms with Gasteiger partial charge in [0.15, 0.2) is 0 Å². The van der Waals surface area contributed by atoms with Gasteiger partial charge in [0, 0.05) is 13.5 Å². The maximum Gasteiger partial charge on any atom is 0.329 e. The van der Waals surface area contributed by atoms with Crippen molar-refractivity contribution >= 4 is 11.9 Å². The summed E-state index contributed by atoms with van der Waals surface area (Å²) in [4.78, 5) is 24.9. The van der Waals surface area contributed by atoms with Crippen molar-refractivity contribution < 1.29 is 14.7 Å². The highest BCUT2D eigenvalue weighted by Crippen LogP contribution is 2.28. The monoisotopic (exact) mass is 277 g/mol. The molecule has 0 saturated heterocycles. The molecule has 0 saturated carbocycles. The number of likely N-dealkylation sites (N-methyl/N-ethyl adjacent to an activating group) is 1. The van der Waals surface area contributed by atoms with Gasteiger partial charge in [-0.15, -0.1) is 0 Å². The van der Waals surface area contributed by atoms with E-state index in [0.717, 1.165) is 5.56 Å². The molecule has 4 heteroatoms. The van der Waals surface area contributed by atoms with Crippen LogP contribution in [0.1, 0.15) is 39.7 Å². The van der Waals surface area contributed by atoms with Gasteiger partial charge in [0.25, 0.3) is 0 Å². The minimum absolute atomic E-state index is 0.175. The summed E-state index contributed by atoms with van der Waals surface area (Å²) >= 11 is 0. The Morgan fingerprint density at radius 3 is 2.05 bits per heavy atom. The number of carbonyl (C=O) groups is 2. The van der Waals surface area contributed by atoms with Crippen molar-refractivity contribution in [3.63, 3.8) is 0 Å². The van der Waals surface area contributed by atoms with E-state index in [4.69, 9.17) is 0 Å². The third kappa shape index (κ3) is 3.38. The molecule has 20 heavy (non-hydrogen) atoms. The molecule has 0 unspecified atom stereocenters. The van der Waals surface area contributed by atoms with Crippen LogP contribution in [0, 0.1) is 0 Å². The van der Waals surface area contributed by atoms with Gasteiger partial charge in [-0.3, -0.25) is 4.79 Å². The maximum absolute atomic E-state index is 12.3. The molecule has 0 bridgehead atoms. The number of carboxylic acids is 1. The zero-order valence-corrected chi connectivity index (χ0v) is 12.8. The summed E-state index contributed by atoms with van der Waals surface area (Å²) in [6.45, 7) is 7.04. The minimum Gasteiger partial charge on any atom is -0.480 e. The van der Waals surface area contributed by atoms with E-state index in [9.17, 15) is 14.7 Å². The van der Waals surface area contributed by atoms with Gasteiger partial charge in [-0.1, -0.05) is 44.2 Å². The number of benzene rings is 1. The molecule has 0 heterocycles. The Morgan fingerprint density at radius 2 is 1.60 bits per heavy atom. The number of rotatable bonds is 5. The number of amides is 1. The van der Waals surface area contributed by atoms with Crippen LogP contribution in [0.15, 0.2) is 30.3 Å². The fraction of sp³-hybridized carbons (Fsp3) is 0.500. The Labute approximate surface area is 120 Å². The molecule has 0 aliphatic rings. The summed E-state index contributed by atoms with van der Waals surface area (Å²) in [5.41, 5.74) is -0.472. The van der Waals surface area contributed by atoms with E-state index in [-0.39, 0.29) is 17.7 Å². The molecular weight excluding hydrogens is 254 g/mol. The highest BCUT2D eigenvalue weighted by atomic mass is 16.4. The lowest BCUT2D eigenvalue weighted by molar-refractivity contribution is -0.155. The maximum atomic E-state index is 12.3. The van der Waals surface area contributed by atoms with Crippen molar-refractivity contribution in [3.8, 4) is 0 Å². The normalized spacial score (nSPS) is 12.1. The third-order valence-corrected chi connectivity index (χ3v) is 3.88. The van der Waals surface area contributed by atoms with Crippen LogP contribution in [-0.2, 0) is 15.0 Å². The number of carbonyl (C=O) groups excluding carboxylic acids is 1. The molecule has 0 aromatic heterocycles. The van der Waals surface area contributed by atoms with Crippen molar-refractivity contribution in [2.24, 2.45) is 0 Å². The van der Waals surface area contributed by atoms with Gasteiger partial charge in [0.1, 0.15) is 5.54 Å². The molecule has 1 amide bonds. The van der Waals surface area contributed by atoms with Crippen LogP contribution >= 0.6 is 0 Å². The van der Waals surface area contributed by atoms with Crippen LogP contribution < -0.4 is 0 Å². The van der Waals surface area contributed by atoms with E-state index >= 15 is 0 Å². The summed E-state index contributed by atoms with van der Waals surface area (Å²) < 4.78 is 0. The third-order valence-electron chi connectivity index (χ3n) is 3.88. The molecule has 1 N–H and O–H groups in total. The lowest BCUT2D eigenvalue weighted by Gasteiger charge is -2.34. The fourth-order valence-electron chi connectivity index (χ4n) is 1.94. The summed E-state index contributed by atoms with van der Waals surface area (Å²) in [7, 11) is 1.54. The largest absolute Gasteiger partial charge is 0.480 e. The minimum atomic E-state index is -1.20. The van der Waals surface area contributed by atoms with Gasteiger partial charge in [0.05, 0.1) is 0 Å². The van der Waals surface area contributed by atoms with E-state index < -0.39 is 11.5 Å². The topological polar surface area (TPSA) is 57.6 Å². The van der Waals surface area contributed by atoms with Crippen LogP contribution in [0.2, 0.25) is 0 Å². The molecule has 1 aromatic rings. The molecule has 1 rings (SSSR count). The van der Waals surface area contributed by atoms with Crippen LogP contribution in [0.5, 0.6) is 0 Å². The van der Waals surface area contributed by atoms with E-state index in [1.807, 2.05) is 44.2 Å². The van der Waals surface area contributed by atoms with E-state index in [2.05, 4.69) is 0 Å². The highest BCUT2D eigenvalue weighted by molar-refractivity contribution is 5.86. The van der Waals surface area contributed by atoms with Crippen molar-refractivity contribution in [1.29, 1.82) is 0 Å². The lowest BCUT2D eigenvalue weighted by atomic mass is 9.81.